The van der Waals surface area contributed by atoms with E-state index in [9.17, 15) is 13.2 Å². The molecule has 0 radical (unpaired) electrons. The van der Waals surface area contributed by atoms with Crippen molar-refractivity contribution in [3.63, 3.8) is 0 Å². The zero-order chi connectivity index (χ0) is 50.8. The van der Waals surface area contributed by atoms with E-state index in [4.69, 9.17) is 4.74 Å². The topological polar surface area (TPSA) is 17.4 Å². The zero-order valence-electron chi connectivity index (χ0n) is 41.2. The minimum Gasteiger partial charge on any atom is -0.457 e. The molecule has 0 bridgehead atoms. The molecule has 1 unspecified atom stereocenters. The van der Waals surface area contributed by atoms with E-state index in [1.807, 2.05) is 48.5 Å². The van der Waals surface area contributed by atoms with Crippen LogP contribution in [0.5, 0.6) is 11.5 Å². The SMILES string of the molecule is C=Cc1ccc(Oc2ccc(C3(c4ccc(C(C)(C)C)cc4)c4ccccc4-c4ccc(N(c5ccc(-c6ccc7c(c6)c6ccccc6n7-c6ccccc6)cc5)c5ccc(C(F)(F)F)cc5)cc43)cc2)cc1. The fraction of sp³-hybridized carbons (Fsp3) is 0.0882. The average molecular weight is 969 g/mol. The van der Waals surface area contributed by atoms with Gasteiger partial charge in [-0.25, -0.2) is 0 Å². The molecule has 0 amide bonds. The Labute approximate surface area is 429 Å². The van der Waals surface area contributed by atoms with Gasteiger partial charge in [0.25, 0.3) is 0 Å². The molecule has 74 heavy (non-hydrogen) atoms. The number of rotatable bonds is 10. The van der Waals surface area contributed by atoms with Crippen molar-refractivity contribution in [3.8, 4) is 39.4 Å². The largest absolute Gasteiger partial charge is 0.457 e. The molecule has 10 aromatic carbocycles. The highest BCUT2D eigenvalue weighted by molar-refractivity contribution is 6.10. The molecule has 0 saturated carbocycles. The van der Waals surface area contributed by atoms with Gasteiger partial charge in [-0.15, -0.1) is 0 Å². The Balaban J connectivity index is 1.01. The van der Waals surface area contributed by atoms with Crippen LogP contribution in [-0.4, -0.2) is 4.57 Å². The Bertz CT molecular complexity index is 3870. The predicted molar refractivity (Wildman–Crippen MR) is 299 cm³/mol. The second kappa shape index (κ2) is 18.0. The number of alkyl halides is 3. The maximum Gasteiger partial charge on any atom is 0.416 e. The van der Waals surface area contributed by atoms with E-state index in [0.717, 1.165) is 94.7 Å². The van der Waals surface area contributed by atoms with Gasteiger partial charge in [0.2, 0.25) is 0 Å². The lowest BCUT2D eigenvalue weighted by Crippen LogP contribution is -2.29. The van der Waals surface area contributed by atoms with Gasteiger partial charge in [-0.1, -0.05) is 167 Å². The lowest BCUT2D eigenvalue weighted by molar-refractivity contribution is -0.137. The number of nitrogens with zero attached hydrogens (tertiary/aromatic N) is 2. The summed E-state index contributed by atoms with van der Waals surface area (Å²) in [5.41, 5.74) is 14.8. The second-order valence-corrected chi connectivity index (χ2v) is 20.1. The first kappa shape index (κ1) is 46.2. The number of aromatic nitrogens is 1. The molecule has 0 aliphatic heterocycles. The summed E-state index contributed by atoms with van der Waals surface area (Å²) in [4.78, 5) is 2.06. The third kappa shape index (κ3) is 7.95. The first-order valence-electron chi connectivity index (χ1n) is 24.9. The van der Waals surface area contributed by atoms with E-state index < -0.39 is 17.2 Å². The van der Waals surface area contributed by atoms with Crippen LogP contribution in [0.3, 0.4) is 0 Å². The first-order chi connectivity index (χ1) is 35.9. The highest BCUT2D eigenvalue weighted by atomic mass is 19.4. The number of hydrogen-bond acceptors (Lipinski definition) is 2. The van der Waals surface area contributed by atoms with Crippen LogP contribution in [-0.2, 0) is 17.0 Å². The minimum absolute atomic E-state index is 0.0690. The molecule has 0 N–H and O–H groups in total. The van der Waals surface area contributed by atoms with Crippen LogP contribution in [0, 0.1) is 0 Å². The quantitative estimate of drug-likeness (QED) is 0.136. The molecule has 11 aromatic rings. The van der Waals surface area contributed by atoms with E-state index in [-0.39, 0.29) is 5.41 Å². The third-order valence-electron chi connectivity index (χ3n) is 14.7. The van der Waals surface area contributed by atoms with Gasteiger partial charge in [0.1, 0.15) is 11.5 Å². The number of fused-ring (bicyclic) bond motifs is 6. The molecule has 1 aromatic heterocycles. The average Bonchev–Trinajstić information content (AvgIpc) is 3.92. The summed E-state index contributed by atoms with van der Waals surface area (Å²) in [5, 5.41) is 2.31. The van der Waals surface area contributed by atoms with E-state index in [1.54, 1.807) is 12.1 Å². The third-order valence-corrected chi connectivity index (χ3v) is 14.7. The van der Waals surface area contributed by atoms with Crippen molar-refractivity contribution in [1.82, 2.24) is 4.57 Å². The summed E-state index contributed by atoms with van der Waals surface area (Å²) in [5.74, 6) is 1.43. The highest BCUT2D eigenvalue weighted by Crippen LogP contribution is 2.58. The Morgan fingerprint density at radius 1 is 0.473 bits per heavy atom. The van der Waals surface area contributed by atoms with Crippen molar-refractivity contribution in [1.29, 1.82) is 0 Å². The van der Waals surface area contributed by atoms with Crippen LogP contribution in [0.1, 0.15) is 59.7 Å². The monoisotopic (exact) mass is 968 g/mol. The summed E-state index contributed by atoms with van der Waals surface area (Å²) in [7, 11) is 0. The van der Waals surface area contributed by atoms with Crippen LogP contribution in [0.15, 0.2) is 243 Å². The van der Waals surface area contributed by atoms with E-state index in [0.29, 0.717) is 11.4 Å². The lowest BCUT2D eigenvalue weighted by Gasteiger charge is -2.35. The standard InChI is InChI=1S/C68H51F3N2O/c1-5-45-19-37-56(38-20-45)74-57-39-30-50(31-40-57)67(49-26-24-48(25-27-49)66(2,3)4)62-17-11-9-15-58(62)59-41-36-55(44-63(59)67)72(54-34-28-51(29-35-54)68(69,70)71)53-32-21-46(22-33-53)47-23-42-65-61(43-47)60-16-10-12-18-64(60)73(65)52-13-7-6-8-14-52/h5-44H,1H2,2-4H3. The fourth-order valence-corrected chi connectivity index (χ4v) is 11.1. The molecule has 0 fully saturated rings. The minimum atomic E-state index is -4.49. The van der Waals surface area contributed by atoms with Crippen molar-refractivity contribution in [2.45, 2.75) is 37.8 Å². The molecule has 1 heterocycles. The van der Waals surface area contributed by atoms with Crippen molar-refractivity contribution >= 4 is 44.9 Å². The molecule has 0 saturated heterocycles. The number of benzene rings is 10. The molecule has 1 atom stereocenters. The van der Waals surface area contributed by atoms with E-state index in [1.165, 1.54) is 17.7 Å². The number of ether oxygens (including phenoxy) is 1. The maximum absolute atomic E-state index is 14.2. The second-order valence-electron chi connectivity index (χ2n) is 20.1. The number of para-hydroxylation sites is 2. The fourth-order valence-electron chi connectivity index (χ4n) is 11.1. The summed E-state index contributed by atoms with van der Waals surface area (Å²) < 4.78 is 51.2. The van der Waals surface area contributed by atoms with Crippen molar-refractivity contribution < 1.29 is 17.9 Å². The van der Waals surface area contributed by atoms with Crippen LogP contribution in [0.2, 0.25) is 0 Å². The maximum atomic E-state index is 14.2. The van der Waals surface area contributed by atoms with Crippen molar-refractivity contribution in [2.75, 3.05) is 4.90 Å². The molecule has 6 heteroatoms. The molecule has 1 aliphatic rings. The van der Waals surface area contributed by atoms with Crippen molar-refractivity contribution in [2.24, 2.45) is 0 Å². The van der Waals surface area contributed by atoms with Crippen LogP contribution in [0.4, 0.5) is 30.2 Å². The van der Waals surface area contributed by atoms with Gasteiger partial charge in [0, 0.05) is 33.5 Å². The van der Waals surface area contributed by atoms with Crippen LogP contribution >= 0.6 is 0 Å². The summed E-state index contributed by atoms with van der Waals surface area (Å²) in [6, 6.07) is 79.6. The predicted octanol–water partition coefficient (Wildman–Crippen LogP) is 19.0. The van der Waals surface area contributed by atoms with Crippen LogP contribution < -0.4 is 9.64 Å². The Hall–Kier alpha value is -8.87. The van der Waals surface area contributed by atoms with Gasteiger partial charge in [0.15, 0.2) is 0 Å². The van der Waals surface area contributed by atoms with Gasteiger partial charge in [-0.2, -0.15) is 13.2 Å². The molecule has 3 nitrogen and oxygen atoms in total. The van der Waals surface area contributed by atoms with E-state index >= 15 is 0 Å². The van der Waals surface area contributed by atoms with Gasteiger partial charge in [-0.3, -0.25) is 0 Å². The van der Waals surface area contributed by atoms with Gasteiger partial charge >= 0.3 is 6.18 Å². The zero-order valence-corrected chi connectivity index (χ0v) is 41.2. The van der Waals surface area contributed by atoms with E-state index in [2.05, 4.69) is 207 Å². The lowest BCUT2D eigenvalue weighted by atomic mass is 9.67. The Morgan fingerprint density at radius 3 is 1.68 bits per heavy atom. The smallest absolute Gasteiger partial charge is 0.416 e. The first-order valence-corrected chi connectivity index (χ1v) is 24.9. The summed E-state index contributed by atoms with van der Waals surface area (Å²) >= 11 is 0. The Morgan fingerprint density at radius 2 is 1.01 bits per heavy atom. The Kier molecular flexibility index (Phi) is 11.2. The molecular formula is C68H51F3N2O. The molecular weight excluding hydrogens is 918 g/mol. The molecule has 12 rings (SSSR count). The van der Waals surface area contributed by atoms with Crippen molar-refractivity contribution in [3.05, 3.63) is 282 Å². The van der Waals surface area contributed by atoms with Gasteiger partial charge in [-0.05, 0) is 164 Å². The van der Waals surface area contributed by atoms with Gasteiger partial charge < -0.3 is 14.2 Å². The van der Waals surface area contributed by atoms with Gasteiger partial charge in [0.05, 0.1) is 22.0 Å². The molecule has 1 aliphatic carbocycles. The highest BCUT2D eigenvalue weighted by Gasteiger charge is 2.46. The number of hydrogen-bond donors (Lipinski definition) is 0. The number of anilines is 3. The number of halogens is 3. The summed E-state index contributed by atoms with van der Waals surface area (Å²) in [6.45, 7) is 10.6. The molecule has 360 valence electrons. The normalized spacial score (nSPS) is 14.2. The van der Waals surface area contributed by atoms with Crippen LogP contribution in [0.25, 0.3) is 55.8 Å². The molecule has 0 spiro atoms. The summed E-state index contributed by atoms with van der Waals surface area (Å²) in [6.07, 6.45) is -2.68.